The van der Waals surface area contributed by atoms with Crippen LogP contribution in [-0.2, 0) is 4.74 Å². The third kappa shape index (κ3) is 3.42. The maximum atomic E-state index is 11.7. The van der Waals surface area contributed by atoms with Gasteiger partial charge in [-0.05, 0) is 31.2 Å². The summed E-state index contributed by atoms with van der Waals surface area (Å²) in [4.78, 5) is 11.7. The molecule has 0 amide bonds. The first-order valence-electron chi connectivity index (χ1n) is 8.93. The van der Waals surface area contributed by atoms with E-state index in [0.717, 1.165) is 27.7 Å². The summed E-state index contributed by atoms with van der Waals surface area (Å²) in [5.41, 5.74) is 4.31. The van der Waals surface area contributed by atoms with Gasteiger partial charge >= 0.3 is 5.97 Å². The summed E-state index contributed by atoms with van der Waals surface area (Å²) >= 11 is 0. The summed E-state index contributed by atoms with van der Waals surface area (Å²) in [7, 11) is 1.37. The fourth-order valence-corrected chi connectivity index (χ4v) is 3.07. The van der Waals surface area contributed by atoms with Crippen LogP contribution in [0.2, 0.25) is 0 Å². The van der Waals surface area contributed by atoms with Gasteiger partial charge in [0.15, 0.2) is 5.82 Å². The third-order valence-electron chi connectivity index (χ3n) is 4.58. The van der Waals surface area contributed by atoms with Gasteiger partial charge in [-0.15, -0.1) is 10.2 Å². The Bertz CT molecular complexity index is 1140. The number of hydrogen-bond donors (Lipinski definition) is 1. The van der Waals surface area contributed by atoms with Crippen molar-refractivity contribution in [3.05, 3.63) is 83.9 Å². The molecule has 138 valence electrons. The number of benzene rings is 3. The normalized spacial score (nSPS) is 10.6. The van der Waals surface area contributed by atoms with Gasteiger partial charge in [-0.2, -0.15) is 0 Å². The van der Waals surface area contributed by atoms with Crippen molar-refractivity contribution in [3.8, 4) is 11.3 Å². The number of nitrogens with zero attached hydrogens (tertiary/aromatic N) is 2. The molecule has 0 atom stereocenters. The molecule has 0 aliphatic rings. The van der Waals surface area contributed by atoms with Gasteiger partial charge in [-0.1, -0.05) is 54.1 Å². The minimum absolute atomic E-state index is 0.361. The smallest absolute Gasteiger partial charge is 0.337 e. The molecule has 4 aromatic rings. The van der Waals surface area contributed by atoms with Crippen molar-refractivity contribution in [1.29, 1.82) is 0 Å². The molecule has 3 aromatic carbocycles. The Morgan fingerprint density at radius 1 is 0.857 bits per heavy atom. The Morgan fingerprint density at radius 3 is 2.21 bits per heavy atom. The van der Waals surface area contributed by atoms with Crippen LogP contribution in [0, 0.1) is 6.92 Å². The minimum Gasteiger partial charge on any atom is -0.465 e. The second-order valence-electron chi connectivity index (χ2n) is 6.50. The second-order valence-corrected chi connectivity index (χ2v) is 6.50. The van der Waals surface area contributed by atoms with Crippen LogP contribution in [0.1, 0.15) is 15.9 Å². The Balaban J connectivity index is 1.75. The molecule has 28 heavy (non-hydrogen) atoms. The number of aromatic nitrogens is 2. The standard InChI is InChI=1S/C23H19N3O2/c1-15-7-13-18(14-8-15)24-22-20-6-4-3-5-19(20)21(25-26-22)16-9-11-17(12-10-16)23(27)28-2/h3-14H,1-2H3,(H,24,26). The predicted molar refractivity (Wildman–Crippen MR) is 111 cm³/mol. The van der Waals surface area contributed by atoms with Gasteiger partial charge in [0.2, 0.25) is 0 Å². The zero-order valence-electron chi connectivity index (χ0n) is 15.6. The number of carbonyl (C=O) groups is 1. The molecule has 1 N–H and O–H groups in total. The highest BCUT2D eigenvalue weighted by molar-refractivity contribution is 6.01. The highest BCUT2D eigenvalue weighted by Gasteiger charge is 2.12. The average Bonchev–Trinajstić information content (AvgIpc) is 2.75. The van der Waals surface area contributed by atoms with Gasteiger partial charge < -0.3 is 10.1 Å². The summed E-state index contributed by atoms with van der Waals surface area (Å²) in [6, 6.07) is 23.3. The first-order valence-corrected chi connectivity index (χ1v) is 8.93. The molecule has 0 aliphatic heterocycles. The molecule has 4 rings (SSSR count). The number of hydrogen-bond acceptors (Lipinski definition) is 5. The maximum Gasteiger partial charge on any atom is 0.337 e. The van der Waals surface area contributed by atoms with Crippen LogP contribution >= 0.6 is 0 Å². The van der Waals surface area contributed by atoms with E-state index in [0.29, 0.717) is 11.4 Å². The fourth-order valence-electron chi connectivity index (χ4n) is 3.07. The lowest BCUT2D eigenvalue weighted by Gasteiger charge is -2.11. The molecule has 1 aromatic heterocycles. The van der Waals surface area contributed by atoms with E-state index in [2.05, 4.69) is 34.6 Å². The van der Waals surface area contributed by atoms with Crippen LogP contribution in [0.25, 0.3) is 22.0 Å². The highest BCUT2D eigenvalue weighted by atomic mass is 16.5. The molecule has 1 heterocycles. The van der Waals surface area contributed by atoms with E-state index in [1.54, 1.807) is 12.1 Å². The molecule has 0 aliphatic carbocycles. The summed E-state index contributed by atoms with van der Waals surface area (Å²) in [6.45, 7) is 2.05. The van der Waals surface area contributed by atoms with Gasteiger partial charge in [0, 0.05) is 22.0 Å². The van der Waals surface area contributed by atoms with Crippen molar-refractivity contribution in [2.45, 2.75) is 6.92 Å². The Hall–Kier alpha value is -3.73. The molecule has 0 saturated heterocycles. The summed E-state index contributed by atoms with van der Waals surface area (Å²) < 4.78 is 4.76. The number of rotatable bonds is 4. The van der Waals surface area contributed by atoms with Crippen molar-refractivity contribution >= 4 is 28.2 Å². The van der Waals surface area contributed by atoms with E-state index in [9.17, 15) is 4.79 Å². The molecule has 5 nitrogen and oxygen atoms in total. The lowest BCUT2D eigenvalue weighted by Crippen LogP contribution is -2.01. The van der Waals surface area contributed by atoms with E-state index in [1.165, 1.54) is 12.7 Å². The topological polar surface area (TPSA) is 64.1 Å². The van der Waals surface area contributed by atoms with Crippen LogP contribution in [0.5, 0.6) is 0 Å². The summed E-state index contributed by atoms with van der Waals surface area (Å²) in [5, 5.41) is 14.2. The molecule has 0 bridgehead atoms. The van der Waals surface area contributed by atoms with Crippen LogP contribution < -0.4 is 5.32 Å². The van der Waals surface area contributed by atoms with Crippen LogP contribution in [0.15, 0.2) is 72.8 Å². The largest absolute Gasteiger partial charge is 0.465 e. The van der Waals surface area contributed by atoms with Crippen molar-refractivity contribution in [2.75, 3.05) is 12.4 Å². The highest BCUT2D eigenvalue weighted by Crippen LogP contribution is 2.31. The minimum atomic E-state index is -0.361. The monoisotopic (exact) mass is 369 g/mol. The maximum absolute atomic E-state index is 11.7. The zero-order chi connectivity index (χ0) is 19.5. The molecular formula is C23H19N3O2. The number of fused-ring (bicyclic) bond motifs is 1. The first-order chi connectivity index (χ1) is 13.7. The lowest BCUT2D eigenvalue weighted by molar-refractivity contribution is 0.0601. The molecule has 0 unspecified atom stereocenters. The van der Waals surface area contributed by atoms with Crippen molar-refractivity contribution in [3.63, 3.8) is 0 Å². The van der Waals surface area contributed by atoms with E-state index >= 15 is 0 Å². The van der Waals surface area contributed by atoms with E-state index < -0.39 is 0 Å². The molecule has 0 spiro atoms. The van der Waals surface area contributed by atoms with E-state index in [-0.39, 0.29) is 5.97 Å². The zero-order valence-corrected chi connectivity index (χ0v) is 15.6. The first kappa shape index (κ1) is 17.7. The van der Waals surface area contributed by atoms with Crippen LogP contribution in [0.4, 0.5) is 11.5 Å². The molecule has 0 saturated carbocycles. The summed E-state index contributed by atoms with van der Waals surface area (Å²) in [6.07, 6.45) is 0. The van der Waals surface area contributed by atoms with E-state index in [1.807, 2.05) is 48.5 Å². The van der Waals surface area contributed by atoms with Gasteiger partial charge in [0.1, 0.15) is 5.69 Å². The predicted octanol–water partition coefficient (Wildman–Crippen LogP) is 5.14. The van der Waals surface area contributed by atoms with Gasteiger partial charge in [0.05, 0.1) is 12.7 Å². The Morgan fingerprint density at radius 2 is 1.54 bits per heavy atom. The number of anilines is 2. The second kappa shape index (κ2) is 7.48. The van der Waals surface area contributed by atoms with Crippen LogP contribution in [-0.4, -0.2) is 23.3 Å². The van der Waals surface area contributed by atoms with Crippen molar-refractivity contribution in [2.24, 2.45) is 0 Å². The van der Waals surface area contributed by atoms with Crippen LogP contribution in [0.3, 0.4) is 0 Å². The van der Waals surface area contributed by atoms with Gasteiger partial charge in [-0.3, -0.25) is 0 Å². The number of aryl methyl sites for hydroxylation is 1. The molecule has 0 radical (unpaired) electrons. The Kier molecular flexibility index (Phi) is 4.72. The van der Waals surface area contributed by atoms with Gasteiger partial charge in [0.25, 0.3) is 0 Å². The number of ether oxygens (including phenoxy) is 1. The fraction of sp³-hybridized carbons (Fsp3) is 0.0870. The molecular weight excluding hydrogens is 350 g/mol. The number of carbonyl (C=O) groups excluding carboxylic acids is 1. The summed E-state index contributed by atoms with van der Waals surface area (Å²) in [5.74, 6) is 0.342. The molecule has 5 heteroatoms. The third-order valence-corrected chi connectivity index (χ3v) is 4.58. The van der Waals surface area contributed by atoms with Crippen molar-refractivity contribution in [1.82, 2.24) is 10.2 Å². The number of nitrogens with one attached hydrogen (secondary N) is 1. The Labute approximate surface area is 163 Å². The SMILES string of the molecule is COC(=O)c1ccc(-c2nnc(Nc3ccc(C)cc3)c3ccccc23)cc1. The number of methoxy groups -OCH3 is 1. The lowest BCUT2D eigenvalue weighted by atomic mass is 10.0. The van der Waals surface area contributed by atoms with Gasteiger partial charge in [-0.25, -0.2) is 4.79 Å². The van der Waals surface area contributed by atoms with Crippen molar-refractivity contribution < 1.29 is 9.53 Å². The quantitative estimate of drug-likeness (QED) is 0.505. The average molecular weight is 369 g/mol. The van der Waals surface area contributed by atoms with E-state index in [4.69, 9.17) is 4.74 Å². The number of esters is 1. The molecule has 0 fully saturated rings.